The van der Waals surface area contributed by atoms with Crippen LogP contribution in [0.2, 0.25) is 0 Å². The van der Waals surface area contributed by atoms with E-state index < -0.39 is 23.2 Å². The van der Waals surface area contributed by atoms with Crippen molar-refractivity contribution in [2.24, 2.45) is 0 Å². The monoisotopic (exact) mass is 321 g/mol. The Morgan fingerprint density at radius 3 is 2.26 bits per heavy atom. The Hall–Kier alpha value is -2.63. The lowest BCUT2D eigenvalue weighted by atomic mass is 10.1. The van der Waals surface area contributed by atoms with Crippen molar-refractivity contribution < 1.29 is 23.0 Å². The maximum Gasteiger partial charge on any atom is 0.340 e. The molecular weight excluding hydrogens is 304 g/mol. The van der Waals surface area contributed by atoms with E-state index in [1.807, 2.05) is 0 Å². The fourth-order valence-electron chi connectivity index (χ4n) is 1.79. The van der Waals surface area contributed by atoms with Crippen molar-refractivity contribution in [2.45, 2.75) is 26.4 Å². The van der Waals surface area contributed by atoms with E-state index in [1.54, 1.807) is 20.8 Å². The van der Waals surface area contributed by atoms with Gasteiger partial charge in [0, 0.05) is 17.8 Å². The van der Waals surface area contributed by atoms with Crippen LogP contribution in [0.15, 0.2) is 36.4 Å². The van der Waals surface area contributed by atoms with Crippen LogP contribution in [0.3, 0.4) is 0 Å². The molecular formula is C17H17F2NO3. The van der Waals surface area contributed by atoms with Gasteiger partial charge in [0.25, 0.3) is 0 Å². The molecule has 0 radical (unpaired) electrons. The van der Waals surface area contributed by atoms with Gasteiger partial charge in [-0.25, -0.2) is 13.6 Å². The molecule has 0 unspecified atom stereocenters. The molecule has 0 aliphatic rings. The van der Waals surface area contributed by atoms with Crippen LogP contribution in [-0.4, -0.2) is 11.6 Å². The summed E-state index contributed by atoms with van der Waals surface area (Å²) in [7, 11) is 0. The number of esters is 1. The number of benzene rings is 2. The molecule has 0 saturated carbocycles. The van der Waals surface area contributed by atoms with Gasteiger partial charge in [0.05, 0.1) is 5.56 Å². The summed E-state index contributed by atoms with van der Waals surface area (Å²) < 4.78 is 37.4. The molecule has 4 nitrogen and oxygen atoms in total. The van der Waals surface area contributed by atoms with Gasteiger partial charge in [-0.15, -0.1) is 0 Å². The van der Waals surface area contributed by atoms with Gasteiger partial charge < -0.3 is 15.2 Å². The highest BCUT2D eigenvalue weighted by Crippen LogP contribution is 2.30. The second kappa shape index (κ2) is 6.24. The van der Waals surface area contributed by atoms with E-state index in [4.69, 9.17) is 15.2 Å². The largest absolute Gasteiger partial charge is 0.456 e. The van der Waals surface area contributed by atoms with E-state index >= 15 is 0 Å². The zero-order chi connectivity index (χ0) is 17.2. The van der Waals surface area contributed by atoms with Crippen molar-refractivity contribution in [1.29, 1.82) is 0 Å². The van der Waals surface area contributed by atoms with Gasteiger partial charge in [-0.05, 0) is 45.0 Å². The van der Waals surface area contributed by atoms with Crippen molar-refractivity contribution in [1.82, 2.24) is 0 Å². The summed E-state index contributed by atoms with van der Waals surface area (Å²) in [5.74, 6) is -1.83. The van der Waals surface area contributed by atoms with Gasteiger partial charge >= 0.3 is 5.97 Å². The Labute approximate surface area is 132 Å². The first kappa shape index (κ1) is 16.7. The number of ether oxygens (including phenoxy) is 2. The third-order valence-electron chi connectivity index (χ3n) is 2.76. The number of carbonyl (C=O) groups excluding carboxylic acids is 1. The first-order valence-corrected chi connectivity index (χ1v) is 6.91. The summed E-state index contributed by atoms with van der Waals surface area (Å²) >= 11 is 0. The molecule has 0 amide bonds. The van der Waals surface area contributed by atoms with Gasteiger partial charge in [0.15, 0.2) is 11.6 Å². The van der Waals surface area contributed by atoms with Crippen LogP contribution in [0.25, 0.3) is 0 Å². The van der Waals surface area contributed by atoms with Crippen molar-refractivity contribution in [3.05, 3.63) is 53.6 Å². The third-order valence-corrected chi connectivity index (χ3v) is 2.76. The first-order chi connectivity index (χ1) is 10.7. The fourth-order valence-corrected chi connectivity index (χ4v) is 1.79. The summed E-state index contributed by atoms with van der Waals surface area (Å²) in [5.41, 5.74) is 4.91. The van der Waals surface area contributed by atoms with Crippen LogP contribution in [0, 0.1) is 11.6 Å². The predicted molar refractivity (Wildman–Crippen MR) is 82.5 cm³/mol. The SMILES string of the molecule is CC(C)(C)OC(=O)c1cc(Oc2ccc(F)cc2)c(F)cc1N. The minimum atomic E-state index is -0.737. The highest BCUT2D eigenvalue weighted by atomic mass is 19.1. The minimum Gasteiger partial charge on any atom is -0.456 e. The second-order valence-electron chi connectivity index (χ2n) is 5.93. The van der Waals surface area contributed by atoms with E-state index in [9.17, 15) is 13.6 Å². The second-order valence-corrected chi connectivity index (χ2v) is 5.93. The Morgan fingerprint density at radius 2 is 1.70 bits per heavy atom. The van der Waals surface area contributed by atoms with Gasteiger partial charge in [0.2, 0.25) is 0 Å². The quantitative estimate of drug-likeness (QED) is 0.676. The molecule has 6 heteroatoms. The summed E-state index contributed by atoms with van der Waals surface area (Å²) in [4.78, 5) is 12.1. The summed E-state index contributed by atoms with van der Waals surface area (Å²) in [5, 5.41) is 0. The van der Waals surface area contributed by atoms with Crippen LogP contribution in [-0.2, 0) is 4.74 Å². The minimum absolute atomic E-state index is 0.00145. The molecule has 2 aromatic carbocycles. The standard InChI is InChI=1S/C17H17F2NO3/c1-17(2,3)23-16(21)12-8-15(13(19)9-14(12)20)22-11-6-4-10(18)5-7-11/h4-9H,20H2,1-3H3. The first-order valence-electron chi connectivity index (χ1n) is 6.91. The zero-order valence-corrected chi connectivity index (χ0v) is 13.0. The van der Waals surface area contributed by atoms with Gasteiger partial charge in [-0.1, -0.05) is 0 Å². The predicted octanol–water partition coefficient (Wildman–Crippen LogP) is 4.29. The maximum absolute atomic E-state index is 14.0. The topological polar surface area (TPSA) is 61.5 Å². The number of halogens is 2. The number of nitrogen functional groups attached to an aromatic ring is 1. The normalized spacial score (nSPS) is 11.2. The molecule has 0 saturated heterocycles. The Balaban J connectivity index is 2.32. The Morgan fingerprint density at radius 1 is 1.09 bits per heavy atom. The van der Waals surface area contributed by atoms with E-state index in [0.29, 0.717) is 0 Å². The molecule has 0 aromatic heterocycles. The molecule has 2 rings (SSSR count). The number of anilines is 1. The summed E-state index contributed by atoms with van der Waals surface area (Å²) in [6.07, 6.45) is 0. The van der Waals surface area contributed by atoms with Crippen LogP contribution in [0.4, 0.5) is 14.5 Å². The number of rotatable bonds is 3. The summed E-state index contributed by atoms with van der Waals surface area (Å²) in [6.45, 7) is 5.13. The summed E-state index contributed by atoms with van der Waals surface area (Å²) in [6, 6.07) is 7.20. The van der Waals surface area contributed by atoms with Crippen LogP contribution in [0.1, 0.15) is 31.1 Å². The van der Waals surface area contributed by atoms with Gasteiger partial charge in [-0.3, -0.25) is 0 Å². The highest BCUT2D eigenvalue weighted by Gasteiger charge is 2.22. The molecule has 0 heterocycles. The smallest absolute Gasteiger partial charge is 0.340 e. The highest BCUT2D eigenvalue weighted by molar-refractivity contribution is 5.95. The molecule has 0 bridgehead atoms. The van der Waals surface area contributed by atoms with E-state index in [2.05, 4.69) is 0 Å². The fraction of sp³-hybridized carbons (Fsp3) is 0.235. The van der Waals surface area contributed by atoms with E-state index in [-0.39, 0.29) is 22.7 Å². The van der Waals surface area contributed by atoms with Crippen molar-refractivity contribution in [3.8, 4) is 11.5 Å². The molecule has 0 aliphatic carbocycles. The number of hydrogen-bond acceptors (Lipinski definition) is 4. The maximum atomic E-state index is 14.0. The average molecular weight is 321 g/mol. The van der Waals surface area contributed by atoms with E-state index in [0.717, 1.165) is 6.07 Å². The third kappa shape index (κ3) is 4.42. The lowest BCUT2D eigenvalue weighted by molar-refractivity contribution is 0.00704. The Bertz CT molecular complexity index is 722. The molecule has 2 aromatic rings. The van der Waals surface area contributed by atoms with Crippen LogP contribution < -0.4 is 10.5 Å². The Kier molecular flexibility index (Phi) is 4.54. The average Bonchev–Trinajstić information content (AvgIpc) is 2.42. The molecule has 0 fully saturated rings. The molecule has 0 spiro atoms. The van der Waals surface area contributed by atoms with Crippen molar-refractivity contribution in [2.75, 3.05) is 5.73 Å². The van der Waals surface area contributed by atoms with Crippen molar-refractivity contribution >= 4 is 11.7 Å². The van der Waals surface area contributed by atoms with Gasteiger partial charge in [0.1, 0.15) is 17.2 Å². The molecule has 122 valence electrons. The van der Waals surface area contributed by atoms with E-state index in [1.165, 1.54) is 30.3 Å². The van der Waals surface area contributed by atoms with Gasteiger partial charge in [-0.2, -0.15) is 0 Å². The number of nitrogens with two attached hydrogens (primary N) is 1. The molecule has 0 aliphatic heterocycles. The lowest BCUT2D eigenvalue weighted by Gasteiger charge is -2.20. The molecule has 2 N–H and O–H groups in total. The van der Waals surface area contributed by atoms with Crippen LogP contribution >= 0.6 is 0 Å². The number of hydrogen-bond donors (Lipinski definition) is 1. The number of carbonyl (C=O) groups is 1. The van der Waals surface area contributed by atoms with Crippen molar-refractivity contribution in [3.63, 3.8) is 0 Å². The molecule has 23 heavy (non-hydrogen) atoms. The molecule has 0 atom stereocenters. The lowest BCUT2D eigenvalue weighted by Crippen LogP contribution is -2.24. The zero-order valence-electron chi connectivity index (χ0n) is 13.0. The van der Waals surface area contributed by atoms with Crippen LogP contribution in [0.5, 0.6) is 11.5 Å².